The van der Waals surface area contributed by atoms with E-state index in [1.165, 1.54) is 0 Å². The number of nitrogens with one attached hydrogen (secondary N) is 1. The van der Waals surface area contributed by atoms with Crippen molar-refractivity contribution >= 4 is 26.2 Å². The van der Waals surface area contributed by atoms with Gasteiger partial charge in [0.25, 0.3) is 0 Å². The first kappa shape index (κ1) is 11.0. The zero-order valence-corrected chi connectivity index (χ0v) is 9.03. The molecule has 1 fully saturated rings. The van der Waals surface area contributed by atoms with Gasteiger partial charge in [0.2, 0.25) is 5.65 Å². The lowest BCUT2D eigenvalue weighted by atomic mass is 10.1. The number of hydrogen-bond acceptors (Lipinski definition) is 3. The highest BCUT2D eigenvalue weighted by atomic mass is 32.2. The van der Waals surface area contributed by atoms with Crippen molar-refractivity contribution in [1.29, 1.82) is 0 Å². The van der Waals surface area contributed by atoms with Crippen LogP contribution in [-0.2, 0) is 11.3 Å². The van der Waals surface area contributed by atoms with Crippen LogP contribution in [0.25, 0.3) is 0 Å². The summed E-state index contributed by atoms with van der Waals surface area (Å²) in [4.78, 5) is 12.6. The highest BCUT2D eigenvalue weighted by Gasteiger charge is 2.23. The molecule has 7 heteroatoms. The summed E-state index contributed by atoms with van der Waals surface area (Å²) in [6, 6.07) is 0. The third-order valence-corrected chi connectivity index (χ3v) is 2.85. The Balaban J connectivity index is 2.25. The number of nitrogens with zero attached hydrogens (tertiary/aromatic N) is 1. The maximum atomic E-state index is 10.9. The second-order valence-electron chi connectivity index (χ2n) is 3.02. The Morgan fingerprint density at radius 2 is 2.46 bits per heavy atom. The Labute approximate surface area is 81.9 Å². The van der Waals surface area contributed by atoms with Crippen LogP contribution in [0.5, 0.6) is 0 Å². The Bertz CT molecular complexity index is 226. The highest BCUT2D eigenvalue weighted by molar-refractivity contribution is 7.77. The first-order valence-corrected chi connectivity index (χ1v) is 5.62. The molecule has 13 heavy (non-hydrogen) atoms. The van der Waals surface area contributed by atoms with E-state index in [9.17, 15) is 13.6 Å². The molecule has 0 spiro atoms. The molecule has 0 radical (unpaired) electrons. The number of carbonyl (C=O) groups excluding carboxylic acids is 1. The van der Waals surface area contributed by atoms with Crippen LogP contribution in [0.1, 0.15) is 6.42 Å². The van der Waals surface area contributed by atoms with Crippen molar-refractivity contribution in [2.45, 2.75) is 6.42 Å². The van der Waals surface area contributed by atoms with Crippen LogP contribution in [0.2, 0.25) is 0 Å². The number of amides is 1. The molecule has 0 aromatic carbocycles. The molecular weight excluding hydrogens is 211 g/mol. The molecule has 0 saturated carbocycles. The summed E-state index contributed by atoms with van der Waals surface area (Å²) in [7, 11) is 2.12. The van der Waals surface area contributed by atoms with E-state index in [1.807, 2.05) is 0 Å². The van der Waals surface area contributed by atoms with Gasteiger partial charge in [-0.3, -0.25) is 9.00 Å². The lowest BCUT2D eigenvalue weighted by Crippen LogP contribution is -2.28. The summed E-state index contributed by atoms with van der Waals surface area (Å²) >= 11 is -2.19. The van der Waals surface area contributed by atoms with E-state index in [0.29, 0.717) is 13.1 Å². The average Bonchev–Trinajstić information content (AvgIpc) is 2.48. The summed E-state index contributed by atoms with van der Waals surface area (Å²) < 4.78 is 22.7. The van der Waals surface area contributed by atoms with Crippen molar-refractivity contribution < 1.29 is 13.6 Å². The van der Waals surface area contributed by atoms with Gasteiger partial charge in [-0.1, -0.05) is 0 Å². The smallest absolute Gasteiger partial charge is 0.237 e. The molecule has 0 bridgehead atoms. The Morgan fingerprint density at radius 3 is 2.92 bits per heavy atom. The van der Waals surface area contributed by atoms with Gasteiger partial charge in [-0.2, -0.15) is 0 Å². The maximum Gasteiger partial charge on any atom is 0.237 e. The van der Waals surface area contributed by atoms with Crippen LogP contribution < -0.4 is 4.72 Å². The average molecular weight is 223 g/mol. The monoisotopic (exact) mass is 223 g/mol. The molecule has 1 aliphatic rings. The van der Waals surface area contributed by atoms with E-state index in [1.54, 1.807) is 4.90 Å². The normalized spacial score (nSPS) is 24.8. The summed E-state index contributed by atoms with van der Waals surface area (Å²) in [6.07, 6.45) is 0.865. The van der Waals surface area contributed by atoms with E-state index in [-0.39, 0.29) is 11.6 Å². The molecule has 76 valence electrons. The van der Waals surface area contributed by atoms with Gasteiger partial charge in [-0.15, -0.1) is 0 Å². The van der Waals surface area contributed by atoms with E-state index >= 15 is 0 Å². The number of hydrogen-bond donors (Lipinski definition) is 1. The van der Waals surface area contributed by atoms with Crippen LogP contribution in [0, 0.1) is 5.92 Å². The van der Waals surface area contributed by atoms with Crippen molar-refractivity contribution in [3.8, 4) is 0 Å². The minimum Gasteiger partial charge on any atom is -0.760 e. The maximum absolute atomic E-state index is 10.9. The fourth-order valence-corrected chi connectivity index (χ4v) is 1.99. The summed E-state index contributed by atoms with van der Waals surface area (Å²) in [5.41, 5.74) is -0.0225. The topological polar surface area (TPSA) is 72.5 Å². The van der Waals surface area contributed by atoms with Crippen LogP contribution in [-0.4, -0.2) is 38.9 Å². The van der Waals surface area contributed by atoms with Crippen molar-refractivity contribution in [3.05, 3.63) is 0 Å². The highest BCUT2D eigenvalue weighted by Crippen LogP contribution is 2.17. The molecule has 3 atom stereocenters. The van der Waals surface area contributed by atoms with Crippen LogP contribution >= 0.6 is 9.24 Å². The predicted octanol–water partition coefficient (Wildman–Crippen LogP) is -0.313. The Hall–Kier alpha value is -0.0300. The van der Waals surface area contributed by atoms with Gasteiger partial charge in [0.1, 0.15) is 0 Å². The molecule has 1 saturated heterocycles. The van der Waals surface area contributed by atoms with E-state index in [0.717, 1.165) is 13.0 Å². The van der Waals surface area contributed by atoms with Gasteiger partial charge in [0.05, 0.1) is 0 Å². The largest absolute Gasteiger partial charge is 0.760 e. The molecule has 1 heterocycles. The molecule has 0 aromatic rings. The molecule has 1 N–H and O–H groups in total. The first-order chi connectivity index (χ1) is 6.09. The molecule has 1 aliphatic heterocycles. The molecular formula is C6H12N2O3PS-. The predicted molar refractivity (Wildman–Crippen MR) is 51.7 cm³/mol. The fourth-order valence-electron chi connectivity index (χ4n) is 1.39. The van der Waals surface area contributed by atoms with Crippen LogP contribution in [0.4, 0.5) is 4.79 Å². The minimum absolute atomic E-state index is 0.0225. The van der Waals surface area contributed by atoms with Gasteiger partial charge in [0.15, 0.2) is 0 Å². The standard InChI is InChI=1S/C6H13N2O3PS/c9-6(12)8-2-1-5(4-8)3-7-13(10)11/h5,7H,1-4,12H2,(H,10,11)/p-1. The summed E-state index contributed by atoms with van der Waals surface area (Å²) in [5.74, 6) is 0.252. The van der Waals surface area contributed by atoms with Gasteiger partial charge in [-0.05, 0) is 21.6 Å². The second kappa shape index (κ2) is 5.00. The Morgan fingerprint density at radius 1 is 1.77 bits per heavy atom. The minimum atomic E-state index is -2.19. The second-order valence-corrected chi connectivity index (χ2v) is 4.27. The number of likely N-dealkylation sites (tertiary alicyclic amines) is 1. The van der Waals surface area contributed by atoms with Gasteiger partial charge < -0.3 is 9.45 Å². The number of carbonyl (C=O) groups is 1. The third-order valence-electron chi connectivity index (χ3n) is 2.09. The molecule has 1 amide bonds. The van der Waals surface area contributed by atoms with Crippen molar-refractivity contribution in [3.63, 3.8) is 0 Å². The SMILES string of the molecule is O=C(P)N1CCC(CNS(=O)[O-])C1. The van der Waals surface area contributed by atoms with Crippen molar-refractivity contribution in [1.82, 2.24) is 9.62 Å². The third kappa shape index (κ3) is 3.68. The van der Waals surface area contributed by atoms with E-state index in [2.05, 4.69) is 14.0 Å². The molecule has 1 rings (SSSR count). The molecule has 0 aromatic heterocycles. The van der Waals surface area contributed by atoms with Gasteiger partial charge >= 0.3 is 0 Å². The van der Waals surface area contributed by atoms with Crippen molar-refractivity contribution in [2.24, 2.45) is 5.92 Å². The lowest BCUT2D eigenvalue weighted by Gasteiger charge is -2.14. The van der Waals surface area contributed by atoms with E-state index in [4.69, 9.17) is 0 Å². The Kier molecular flexibility index (Phi) is 4.25. The lowest BCUT2D eigenvalue weighted by molar-refractivity contribution is 0.232. The van der Waals surface area contributed by atoms with E-state index < -0.39 is 11.3 Å². The quantitative estimate of drug-likeness (QED) is 0.526. The van der Waals surface area contributed by atoms with Gasteiger partial charge in [-0.25, -0.2) is 4.72 Å². The zero-order chi connectivity index (χ0) is 9.84. The van der Waals surface area contributed by atoms with Crippen LogP contribution in [0.3, 0.4) is 0 Å². The first-order valence-electron chi connectivity index (χ1n) is 3.96. The van der Waals surface area contributed by atoms with Crippen molar-refractivity contribution in [2.75, 3.05) is 19.6 Å². The molecule has 3 unspecified atom stereocenters. The summed E-state index contributed by atoms with van der Waals surface area (Å²) in [6.45, 7) is 1.79. The summed E-state index contributed by atoms with van der Waals surface area (Å²) in [5, 5.41) is 0. The zero-order valence-electron chi connectivity index (χ0n) is 7.06. The fraction of sp³-hybridized carbons (Fsp3) is 0.833. The molecule has 0 aliphatic carbocycles. The van der Waals surface area contributed by atoms with Gasteiger partial charge in [0, 0.05) is 30.9 Å². The van der Waals surface area contributed by atoms with Crippen LogP contribution in [0.15, 0.2) is 0 Å². The number of rotatable bonds is 3. The molecule has 5 nitrogen and oxygen atoms in total.